The molecule has 1 aliphatic rings. The summed E-state index contributed by atoms with van der Waals surface area (Å²) in [6.45, 7) is 2.81. The van der Waals surface area contributed by atoms with E-state index < -0.39 is 0 Å². The number of nitrogens with one attached hydrogen (secondary N) is 1. The van der Waals surface area contributed by atoms with Gasteiger partial charge in [0.1, 0.15) is 5.82 Å². The number of ether oxygens (including phenoxy) is 1. The molecule has 116 valence electrons. The predicted octanol–water partition coefficient (Wildman–Crippen LogP) is 3.28. The maximum absolute atomic E-state index is 5.65. The van der Waals surface area contributed by atoms with E-state index in [0.29, 0.717) is 18.5 Å². The Morgan fingerprint density at radius 3 is 2.70 bits per heavy atom. The highest BCUT2D eigenvalue weighted by Crippen LogP contribution is 2.26. The molecule has 0 amide bonds. The summed E-state index contributed by atoms with van der Waals surface area (Å²) in [6, 6.07) is 12.2. The molecule has 1 saturated heterocycles. The number of fused-ring (bicyclic) bond motifs is 1. The normalized spacial score (nSPS) is 20.7. The van der Waals surface area contributed by atoms with Gasteiger partial charge in [-0.3, -0.25) is 4.98 Å². The molecule has 0 bridgehead atoms. The van der Waals surface area contributed by atoms with Crippen LogP contribution in [0.5, 0.6) is 0 Å². The lowest BCUT2D eigenvalue weighted by atomic mass is 10.1. The Bertz CT molecular complexity index is 822. The first kappa shape index (κ1) is 14.1. The molecule has 1 aromatic carbocycles. The minimum absolute atomic E-state index is 0.286. The van der Waals surface area contributed by atoms with Crippen molar-refractivity contribution in [3.05, 3.63) is 48.8 Å². The Hall–Kier alpha value is -2.53. The maximum Gasteiger partial charge on any atom is 0.162 e. The second-order valence-electron chi connectivity index (χ2n) is 5.87. The van der Waals surface area contributed by atoms with E-state index in [4.69, 9.17) is 9.72 Å². The van der Waals surface area contributed by atoms with Gasteiger partial charge in [-0.25, -0.2) is 9.97 Å². The molecule has 3 heterocycles. The van der Waals surface area contributed by atoms with Gasteiger partial charge in [0.05, 0.1) is 24.3 Å². The third-order valence-electron chi connectivity index (χ3n) is 4.08. The Morgan fingerprint density at radius 2 is 1.91 bits per heavy atom. The number of aromatic nitrogens is 3. The monoisotopic (exact) mass is 306 g/mol. The van der Waals surface area contributed by atoms with E-state index in [1.807, 2.05) is 36.4 Å². The van der Waals surface area contributed by atoms with Crippen molar-refractivity contribution in [3.63, 3.8) is 0 Å². The van der Waals surface area contributed by atoms with Crippen LogP contribution in [0.3, 0.4) is 0 Å². The molecular weight excluding hydrogens is 288 g/mol. The Morgan fingerprint density at radius 1 is 1.09 bits per heavy atom. The number of anilines is 1. The molecule has 2 unspecified atom stereocenters. The summed E-state index contributed by atoms with van der Waals surface area (Å²) in [5, 5.41) is 4.56. The highest BCUT2D eigenvalue weighted by atomic mass is 16.5. The number of benzene rings is 1. The van der Waals surface area contributed by atoms with Gasteiger partial charge in [-0.1, -0.05) is 12.1 Å². The number of hydrogen-bond acceptors (Lipinski definition) is 5. The molecule has 4 rings (SSSR count). The zero-order chi connectivity index (χ0) is 15.6. The van der Waals surface area contributed by atoms with E-state index >= 15 is 0 Å². The third kappa shape index (κ3) is 2.87. The van der Waals surface area contributed by atoms with Crippen molar-refractivity contribution in [2.45, 2.75) is 25.5 Å². The predicted molar refractivity (Wildman–Crippen MR) is 90.2 cm³/mol. The first-order chi connectivity index (χ1) is 11.3. The highest BCUT2D eigenvalue weighted by molar-refractivity contribution is 5.90. The van der Waals surface area contributed by atoms with Crippen LogP contribution in [0.15, 0.2) is 48.8 Å². The van der Waals surface area contributed by atoms with Crippen molar-refractivity contribution in [2.24, 2.45) is 0 Å². The van der Waals surface area contributed by atoms with Gasteiger partial charge in [-0.2, -0.15) is 0 Å². The largest absolute Gasteiger partial charge is 0.376 e. The van der Waals surface area contributed by atoms with Crippen LogP contribution in [0.1, 0.15) is 13.3 Å². The molecule has 1 aliphatic heterocycles. The van der Waals surface area contributed by atoms with E-state index in [-0.39, 0.29) is 6.04 Å². The first-order valence-electron chi connectivity index (χ1n) is 7.85. The molecule has 3 aromatic rings. The number of rotatable bonds is 3. The summed E-state index contributed by atoms with van der Waals surface area (Å²) in [4.78, 5) is 13.5. The molecule has 5 nitrogen and oxygen atoms in total. The summed E-state index contributed by atoms with van der Waals surface area (Å²) >= 11 is 0. The van der Waals surface area contributed by atoms with Crippen LogP contribution in [0.25, 0.3) is 22.3 Å². The van der Waals surface area contributed by atoms with Gasteiger partial charge < -0.3 is 10.1 Å². The van der Waals surface area contributed by atoms with E-state index in [0.717, 1.165) is 28.7 Å². The summed E-state index contributed by atoms with van der Waals surface area (Å²) in [5.74, 6) is 1.57. The van der Waals surface area contributed by atoms with E-state index in [2.05, 4.69) is 22.2 Å². The molecule has 1 fully saturated rings. The minimum atomic E-state index is 0.286. The van der Waals surface area contributed by atoms with E-state index in [1.54, 1.807) is 12.4 Å². The summed E-state index contributed by atoms with van der Waals surface area (Å²) in [7, 11) is 0. The SMILES string of the molecule is CC1CC(Nc2nc(-c3ccncc3)nc3ccccc23)CO1. The van der Waals surface area contributed by atoms with E-state index in [9.17, 15) is 0 Å². The molecule has 0 saturated carbocycles. The topological polar surface area (TPSA) is 59.9 Å². The molecule has 5 heteroatoms. The fourth-order valence-electron chi connectivity index (χ4n) is 2.93. The van der Waals surface area contributed by atoms with Crippen molar-refractivity contribution >= 4 is 16.7 Å². The minimum Gasteiger partial charge on any atom is -0.376 e. The van der Waals surface area contributed by atoms with Gasteiger partial charge in [0.2, 0.25) is 0 Å². The van der Waals surface area contributed by atoms with Crippen molar-refractivity contribution in [2.75, 3.05) is 11.9 Å². The average Bonchev–Trinajstić information content (AvgIpc) is 3.00. The molecule has 0 spiro atoms. The van der Waals surface area contributed by atoms with Crippen LogP contribution in [0, 0.1) is 0 Å². The van der Waals surface area contributed by atoms with Gasteiger partial charge in [-0.15, -0.1) is 0 Å². The van der Waals surface area contributed by atoms with Gasteiger partial charge in [0.15, 0.2) is 5.82 Å². The lowest BCUT2D eigenvalue weighted by Crippen LogP contribution is -2.20. The maximum atomic E-state index is 5.65. The third-order valence-corrected chi connectivity index (χ3v) is 4.08. The molecule has 0 aliphatic carbocycles. The lowest BCUT2D eigenvalue weighted by molar-refractivity contribution is 0.124. The number of hydrogen-bond donors (Lipinski definition) is 1. The Labute approximate surface area is 134 Å². The van der Waals surface area contributed by atoms with Crippen LogP contribution in [-0.2, 0) is 4.74 Å². The summed E-state index contributed by atoms with van der Waals surface area (Å²) in [5.41, 5.74) is 1.90. The summed E-state index contributed by atoms with van der Waals surface area (Å²) < 4.78 is 5.65. The number of para-hydroxylation sites is 1. The van der Waals surface area contributed by atoms with Gasteiger partial charge in [-0.05, 0) is 37.6 Å². The second kappa shape index (κ2) is 5.93. The standard InChI is InChI=1S/C18H18N4O/c1-12-10-14(11-23-12)20-18-15-4-2-3-5-16(15)21-17(22-18)13-6-8-19-9-7-13/h2-9,12,14H,10-11H2,1H3,(H,20,21,22). The molecular formula is C18H18N4O. The average molecular weight is 306 g/mol. The molecule has 2 atom stereocenters. The molecule has 1 N–H and O–H groups in total. The number of pyridine rings is 1. The Balaban J connectivity index is 1.78. The first-order valence-corrected chi connectivity index (χ1v) is 7.85. The zero-order valence-corrected chi connectivity index (χ0v) is 12.9. The number of nitrogens with zero attached hydrogens (tertiary/aromatic N) is 3. The van der Waals surface area contributed by atoms with Crippen LogP contribution < -0.4 is 5.32 Å². The molecule has 0 radical (unpaired) electrons. The molecule has 2 aromatic heterocycles. The van der Waals surface area contributed by atoms with Crippen LogP contribution in [0.2, 0.25) is 0 Å². The van der Waals surface area contributed by atoms with Gasteiger partial charge in [0.25, 0.3) is 0 Å². The lowest BCUT2D eigenvalue weighted by Gasteiger charge is -2.15. The zero-order valence-electron chi connectivity index (χ0n) is 12.9. The van der Waals surface area contributed by atoms with Crippen molar-refractivity contribution in [1.82, 2.24) is 15.0 Å². The second-order valence-corrected chi connectivity index (χ2v) is 5.87. The highest BCUT2D eigenvalue weighted by Gasteiger charge is 2.23. The van der Waals surface area contributed by atoms with Crippen molar-refractivity contribution in [3.8, 4) is 11.4 Å². The molecule has 23 heavy (non-hydrogen) atoms. The van der Waals surface area contributed by atoms with Gasteiger partial charge >= 0.3 is 0 Å². The van der Waals surface area contributed by atoms with Crippen LogP contribution in [-0.4, -0.2) is 33.7 Å². The van der Waals surface area contributed by atoms with Crippen LogP contribution in [0.4, 0.5) is 5.82 Å². The van der Waals surface area contributed by atoms with Crippen LogP contribution >= 0.6 is 0 Å². The quantitative estimate of drug-likeness (QED) is 0.804. The van der Waals surface area contributed by atoms with E-state index in [1.165, 1.54) is 0 Å². The fourth-order valence-corrected chi connectivity index (χ4v) is 2.93. The van der Waals surface area contributed by atoms with Gasteiger partial charge in [0, 0.05) is 23.3 Å². The Kier molecular flexibility index (Phi) is 3.63. The summed E-state index contributed by atoms with van der Waals surface area (Å²) in [6.07, 6.45) is 4.80. The van der Waals surface area contributed by atoms with Crippen molar-refractivity contribution < 1.29 is 4.74 Å². The van der Waals surface area contributed by atoms with Crippen molar-refractivity contribution in [1.29, 1.82) is 0 Å². The smallest absolute Gasteiger partial charge is 0.162 e. The fraction of sp³-hybridized carbons (Fsp3) is 0.278.